The minimum Gasteiger partial charge on any atom is -0.466 e. The Hall–Kier alpha value is -1.92. The molecular formula is C58H109NO5. The molecule has 0 bridgehead atoms. The molecule has 64 heavy (non-hydrogen) atoms. The van der Waals surface area contributed by atoms with E-state index in [-0.39, 0.29) is 18.5 Å². The van der Waals surface area contributed by atoms with E-state index in [0.717, 1.165) is 51.4 Å². The van der Waals surface area contributed by atoms with Crippen molar-refractivity contribution in [2.24, 2.45) is 0 Å². The van der Waals surface area contributed by atoms with Gasteiger partial charge >= 0.3 is 5.97 Å². The Morgan fingerprint density at radius 3 is 1.23 bits per heavy atom. The molecule has 6 nitrogen and oxygen atoms in total. The number of hydrogen-bond donors (Lipinski definition) is 3. The number of esters is 1. The predicted octanol–water partition coefficient (Wildman–Crippen LogP) is 17.2. The monoisotopic (exact) mass is 900 g/mol. The van der Waals surface area contributed by atoms with Gasteiger partial charge in [0.15, 0.2) is 0 Å². The van der Waals surface area contributed by atoms with Crippen LogP contribution in [0.5, 0.6) is 0 Å². The lowest BCUT2D eigenvalue weighted by Crippen LogP contribution is -2.45. The van der Waals surface area contributed by atoms with Crippen LogP contribution < -0.4 is 5.32 Å². The molecule has 2 atom stereocenters. The quantitative estimate of drug-likeness (QED) is 0.0321. The van der Waals surface area contributed by atoms with Gasteiger partial charge in [0, 0.05) is 12.8 Å². The Kier molecular flexibility index (Phi) is 52.1. The van der Waals surface area contributed by atoms with Gasteiger partial charge in [-0.3, -0.25) is 9.59 Å². The maximum absolute atomic E-state index is 12.4. The normalized spacial score (nSPS) is 12.9. The number of aliphatic hydroxyl groups excluding tert-OH is 2. The lowest BCUT2D eigenvalue weighted by molar-refractivity contribution is -0.143. The van der Waals surface area contributed by atoms with E-state index in [1.165, 1.54) is 218 Å². The average molecular weight is 901 g/mol. The van der Waals surface area contributed by atoms with Gasteiger partial charge in [0.05, 0.1) is 25.4 Å². The molecule has 0 aromatic heterocycles. The molecule has 0 saturated heterocycles. The van der Waals surface area contributed by atoms with Gasteiger partial charge in [-0.05, 0) is 57.8 Å². The zero-order valence-electron chi connectivity index (χ0n) is 42.8. The highest BCUT2D eigenvalue weighted by Crippen LogP contribution is 2.17. The second-order valence-corrected chi connectivity index (χ2v) is 19.3. The molecule has 376 valence electrons. The molecular weight excluding hydrogens is 791 g/mol. The summed E-state index contributed by atoms with van der Waals surface area (Å²) in [5, 5.41) is 23.0. The molecule has 0 saturated carbocycles. The fraction of sp³-hybridized carbons (Fsp3) is 0.862. The molecule has 0 spiro atoms. The lowest BCUT2D eigenvalue weighted by Gasteiger charge is -2.20. The fourth-order valence-corrected chi connectivity index (χ4v) is 8.53. The van der Waals surface area contributed by atoms with Crippen molar-refractivity contribution >= 4 is 11.9 Å². The maximum atomic E-state index is 12.4. The molecule has 2 unspecified atom stereocenters. The SMILES string of the molecule is CCCC/C=C\C/C=C\CCCCCCCC(=O)OCCCCCCCCCCCCCCCCCCCCCCCC(=O)NC(CO)C(O)/C=C/CCCCCCCCCCCC. The van der Waals surface area contributed by atoms with Crippen molar-refractivity contribution in [3.8, 4) is 0 Å². The van der Waals surface area contributed by atoms with Crippen LogP contribution in [-0.2, 0) is 14.3 Å². The summed E-state index contributed by atoms with van der Waals surface area (Å²) < 4.78 is 5.47. The first kappa shape index (κ1) is 62.1. The molecule has 0 radical (unpaired) electrons. The van der Waals surface area contributed by atoms with E-state index in [1.807, 2.05) is 6.08 Å². The van der Waals surface area contributed by atoms with Crippen LogP contribution in [0.15, 0.2) is 36.5 Å². The van der Waals surface area contributed by atoms with E-state index in [9.17, 15) is 19.8 Å². The second-order valence-electron chi connectivity index (χ2n) is 19.3. The highest BCUT2D eigenvalue weighted by Gasteiger charge is 2.18. The third-order valence-electron chi connectivity index (χ3n) is 12.9. The largest absolute Gasteiger partial charge is 0.466 e. The molecule has 0 aliphatic carbocycles. The predicted molar refractivity (Wildman–Crippen MR) is 278 cm³/mol. The van der Waals surface area contributed by atoms with Gasteiger partial charge in [0.1, 0.15) is 0 Å². The van der Waals surface area contributed by atoms with Crippen molar-refractivity contribution in [1.82, 2.24) is 5.32 Å². The third-order valence-corrected chi connectivity index (χ3v) is 12.9. The van der Waals surface area contributed by atoms with E-state index in [2.05, 4.69) is 43.5 Å². The summed E-state index contributed by atoms with van der Waals surface area (Å²) in [5.41, 5.74) is 0. The number of rotatable bonds is 52. The van der Waals surface area contributed by atoms with Crippen LogP contribution in [0.4, 0.5) is 0 Å². The summed E-state index contributed by atoms with van der Waals surface area (Å²) in [7, 11) is 0. The topological polar surface area (TPSA) is 95.9 Å². The molecule has 0 aromatic rings. The summed E-state index contributed by atoms with van der Waals surface area (Å²) in [6.07, 6.45) is 65.9. The molecule has 0 rings (SSSR count). The number of unbranched alkanes of at least 4 members (excludes halogenated alkanes) is 37. The molecule has 6 heteroatoms. The number of amides is 1. The van der Waals surface area contributed by atoms with Gasteiger partial charge in [-0.1, -0.05) is 262 Å². The first-order chi connectivity index (χ1) is 31.5. The summed E-state index contributed by atoms with van der Waals surface area (Å²) in [5.74, 6) is -0.0736. The van der Waals surface area contributed by atoms with Crippen molar-refractivity contribution in [2.75, 3.05) is 13.2 Å². The summed E-state index contributed by atoms with van der Waals surface area (Å²) in [6.45, 7) is 4.85. The Morgan fingerprint density at radius 1 is 0.438 bits per heavy atom. The second kappa shape index (κ2) is 53.7. The van der Waals surface area contributed by atoms with E-state index in [4.69, 9.17) is 4.74 Å². The van der Waals surface area contributed by atoms with Gasteiger partial charge < -0.3 is 20.3 Å². The number of carbonyl (C=O) groups is 2. The molecule has 0 aromatic carbocycles. The first-order valence-electron chi connectivity index (χ1n) is 28.3. The number of aliphatic hydroxyl groups is 2. The molecule has 0 aliphatic heterocycles. The van der Waals surface area contributed by atoms with Crippen molar-refractivity contribution in [3.05, 3.63) is 36.5 Å². The first-order valence-corrected chi connectivity index (χ1v) is 28.3. The number of hydrogen-bond acceptors (Lipinski definition) is 5. The lowest BCUT2D eigenvalue weighted by atomic mass is 10.0. The van der Waals surface area contributed by atoms with Crippen LogP contribution in [0.3, 0.4) is 0 Å². The van der Waals surface area contributed by atoms with Crippen LogP contribution in [0.25, 0.3) is 0 Å². The Labute approximate surface area is 398 Å². The zero-order valence-corrected chi connectivity index (χ0v) is 42.8. The van der Waals surface area contributed by atoms with Crippen LogP contribution in [0.1, 0.15) is 296 Å². The number of nitrogens with one attached hydrogen (secondary N) is 1. The highest BCUT2D eigenvalue weighted by molar-refractivity contribution is 5.76. The minimum absolute atomic E-state index is 0.00368. The zero-order chi connectivity index (χ0) is 46.5. The number of ether oxygens (including phenoxy) is 1. The van der Waals surface area contributed by atoms with Crippen LogP contribution in [0, 0.1) is 0 Å². The van der Waals surface area contributed by atoms with Crippen molar-refractivity contribution in [1.29, 1.82) is 0 Å². The fourth-order valence-electron chi connectivity index (χ4n) is 8.53. The average Bonchev–Trinajstić information content (AvgIpc) is 3.29. The van der Waals surface area contributed by atoms with Crippen molar-refractivity contribution < 1.29 is 24.5 Å². The van der Waals surface area contributed by atoms with Crippen LogP contribution >= 0.6 is 0 Å². The highest BCUT2D eigenvalue weighted by atomic mass is 16.5. The number of carbonyl (C=O) groups excluding carboxylic acids is 2. The molecule has 0 heterocycles. The van der Waals surface area contributed by atoms with E-state index >= 15 is 0 Å². The van der Waals surface area contributed by atoms with E-state index in [1.54, 1.807) is 6.08 Å². The Bertz CT molecular complexity index is 1040. The standard InChI is InChI=1S/C58H109NO5/c1-3-5-7-9-11-13-15-17-28-32-36-40-44-48-52-58(63)64-53-49-45-41-37-33-29-26-24-22-20-18-19-21-23-25-27-31-35-39-43-47-51-57(62)59-55(54-60)56(61)50-46-42-38-34-30-16-14-12-10-8-6-4-2/h9,11,15,17,46,50,55-56,60-61H,3-8,10,12-14,16,18-45,47-49,51-54H2,1-2H3,(H,59,62)/b11-9-,17-15-,50-46+. The number of allylic oxidation sites excluding steroid dienone is 5. The molecule has 0 aliphatic rings. The van der Waals surface area contributed by atoms with Gasteiger partial charge in [-0.2, -0.15) is 0 Å². The van der Waals surface area contributed by atoms with Gasteiger partial charge in [-0.25, -0.2) is 0 Å². The Balaban J connectivity index is 3.40. The van der Waals surface area contributed by atoms with Gasteiger partial charge in [0.25, 0.3) is 0 Å². The summed E-state index contributed by atoms with van der Waals surface area (Å²) >= 11 is 0. The van der Waals surface area contributed by atoms with E-state index in [0.29, 0.717) is 19.4 Å². The molecule has 3 N–H and O–H groups in total. The smallest absolute Gasteiger partial charge is 0.305 e. The van der Waals surface area contributed by atoms with Crippen molar-refractivity contribution in [2.45, 2.75) is 309 Å². The third kappa shape index (κ3) is 49.5. The van der Waals surface area contributed by atoms with Crippen LogP contribution in [-0.4, -0.2) is 47.4 Å². The van der Waals surface area contributed by atoms with Crippen molar-refractivity contribution in [3.63, 3.8) is 0 Å². The van der Waals surface area contributed by atoms with Crippen LogP contribution in [0.2, 0.25) is 0 Å². The summed E-state index contributed by atoms with van der Waals surface area (Å²) in [4.78, 5) is 24.4. The minimum atomic E-state index is -0.844. The summed E-state index contributed by atoms with van der Waals surface area (Å²) in [6, 6.07) is -0.628. The molecule has 1 amide bonds. The Morgan fingerprint density at radius 2 is 0.797 bits per heavy atom. The maximum Gasteiger partial charge on any atom is 0.305 e. The molecule has 0 fully saturated rings. The van der Waals surface area contributed by atoms with Gasteiger partial charge in [-0.15, -0.1) is 0 Å². The van der Waals surface area contributed by atoms with Gasteiger partial charge in [0.2, 0.25) is 5.91 Å². The van der Waals surface area contributed by atoms with E-state index < -0.39 is 12.1 Å².